The van der Waals surface area contributed by atoms with Gasteiger partial charge in [-0.3, -0.25) is 4.79 Å². The Labute approximate surface area is 66.6 Å². The van der Waals surface area contributed by atoms with Gasteiger partial charge in [-0.15, -0.1) is 0 Å². The summed E-state index contributed by atoms with van der Waals surface area (Å²) in [5, 5.41) is 8.79. The second-order valence-electron chi connectivity index (χ2n) is 3.73. The first kappa shape index (κ1) is 8.53. The lowest BCUT2D eigenvalue weighted by atomic mass is 9.62. The number of carboxylic acids is 1. The van der Waals surface area contributed by atoms with Crippen LogP contribution in [0.25, 0.3) is 0 Å². The van der Waals surface area contributed by atoms with Crippen molar-refractivity contribution in [3.05, 3.63) is 0 Å². The summed E-state index contributed by atoms with van der Waals surface area (Å²) in [7, 11) is 0. The highest BCUT2D eigenvalue weighted by atomic mass is 16.4. The fourth-order valence-corrected chi connectivity index (χ4v) is 1.82. The normalized spacial score (nSPS) is 36.9. The molecule has 3 nitrogen and oxygen atoms in total. The van der Waals surface area contributed by atoms with Gasteiger partial charge in [0.1, 0.15) is 5.54 Å². The molecule has 0 aromatic heterocycles. The van der Waals surface area contributed by atoms with E-state index in [2.05, 4.69) is 0 Å². The molecular formula is C8H15NO2. The van der Waals surface area contributed by atoms with Crippen molar-refractivity contribution in [2.75, 3.05) is 0 Å². The van der Waals surface area contributed by atoms with Crippen LogP contribution in [0.3, 0.4) is 0 Å². The van der Waals surface area contributed by atoms with E-state index in [1.807, 2.05) is 13.8 Å². The molecule has 0 bridgehead atoms. The van der Waals surface area contributed by atoms with Gasteiger partial charge in [0.2, 0.25) is 0 Å². The summed E-state index contributed by atoms with van der Waals surface area (Å²) in [5.41, 5.74) is 4.77. The Balaban J connectivity index is 2.67. The summed E-state index contributed by atoms with van der Waals surface area (Å²) < 4.78 is 0. The van der Waals surface area contributed by atoms with Crippen LogP contribution in [-0.4, -0.2) is 16.6 Å². The summed E-state index contributed by atoms with van der Waals surface area (Å²) in [6, 6.07) is 0. The molecule has 0 heterocycles. The van der Waals surface area contributed by atoms with E-state index in [1.165, 1.54) is 0 Å². The third kappa shape index (κ3) is 1.13. The molecule has 0 aromatic rings. The van der Waals surface area contributed by atoms with Crippen molar-refractivity contribution in [2.24, 2.45) is 17.6 Å². The van der Waals surface area contributed by atoms with Crippen molar-refractivity contribution in [1.82, 2.24) is 0 Å². The van der Waals surface area contributed by atoms with E-state index in [1.54, 1.807) is 0 Å². The van der Waals surface area contributed by atoms with Gasteiger partial charge in [0.15, 0.2) is 0 Å². The van der Waals surface area contributed by atoms with E-state index in [0.717, 1.165) is 6.42 Å². The lowest BCUT2D eigenvalue weighted by Gasteiger charge is -2.45. The zero-order valence-corrected chi connectivity index (χ0v) is 7.00. The Morgan fingerprint density at radius 1 is 1.73 bits per heavy atom. The van der Waals surface area contributed by atoms with E-state index in [4.69, 9.17) is 10.8 Å². The highest BCUT2D eigenvalue weighted by molar-refractivity contribution is 5.80. The van der Waals surface area contributed by atoms with Gasteiger partial charge < -0.3 is 10.8 Å². The number of carboxylic acid groups (broad SMARTS) is 1. The van der Waals surface area contributed by atoms with Crippen LogP contribution in [0.4, 0.5) is 0 Å². The monoisotopic (exact) mass is 157 g/mol. The van der Waals surface area contributed by atoms with Gasteiger partial charge in [-0.1, -0.05) is 13.8 Å². The van der Waals surface area contributed by atoms with Crippen molar-refractivity contribution >= 4 is 5.97 Å². The van der Waals surface area contributed by atoms with Crippen LogP contribution in [0.2, 0.25) is 0 Å². The summed E-state index contributed by atoms with van der Waals surface area (Å²) in [4.78, 5) is 10.7. The average Bonchev–Trinajstić information content (AvgIpc) is 1.82. The second-order valence-corrected chi connectivity index (χ2v) is 3.73. The van der Waals surface area contributed by atoms with E-state index in [-0.39, 0.29) is 5.92 Å². The maximum atomic E-state index is 10.7. The molecule has 1 rings (SSSR count). The summed E-state index contributed by atoms with van der Waals surface area (Å²) in [5.74, 6) is -0.299. The predicted octanol–water partition coefficient (Wildman–Crippen LogP) is 0.834. The van der Waals surface area contributed by atoms with E-state index < -0.39 is 11.5 Å². The molecule has 1 saturated carbocycles. The Hall–Kier alpha value is -0.570. The fraction of sp³-hybridized carbons (Fsp3) is 0.875. The molecule has 0 unspecified atom stereocenters. The highest BCUT2D eigenvalue weighted by Crippen LogP contribution is 2.41. The third-order valence-corrected chi connectivity index (χ3v) is 2.73. The van der Waals surface area contributed by atoms with Gasteiger partial charge in [-0.05, 0) is 24.7 Å². The van der Waals surface area contributed by atoms with Crippen LogP contribution in [0.1, 0.15) is 26.7 Å². The molecule has 1 fully saturated rings. The molecule has 64 valence electrons. The topological polar surface area (TPSA) is 63.3 Å². The quantitative estimate of drug-likeness (QED) is 0.624. The van der Waals surface area contributed by atoms with Crippen LogP contribution < -0.4 is 5.73 Å². The zero-order valence-electron chi connectivity index (χ0n) is 7.00. The molecule has 0 amide bonds. The Morgan fingerprint density at radius 3 is 2.36 bits per heavy atom. The molecule has 0 aliphatic heterocycles. The Bertz CT molecular complexity index is 179. The summed E-state index contributed by atoms with van der Waals surface area (Å²) in [6.07, 6.45) is 1.59. The largest absolute Gasteiger partial charge is 0.480 e. The molecule has 11 heavy (non-hydrogen) atoms. The minimum Gasteiger partial charge on any atom is -0.480 e. The van der Waals surface area contributed by atoms with Gasteiger partial charge in [-0.25, -0.2) is 0 Å². The zero-order chi connectivity index (χ0) is 8.65. The molecule has 0 aromatic carbocycles. The van der Waals surface area contributed by atoms with Crippen molar-refractivity contribution in [3.8, 4) is 0 Å². The maximum Gasteiger partial charge on any atom is 0.323 e. The minimum absolute atomic E-state index is 0.167. The fourth-order valence-electron chi connectivity index (χ4n) is 1.82. The smallest absolute Gasteiger partial charge is 0.323 e. The van der Waals surface area contributed by atoms with Gasteiger partial charge in [0.25, 0.3) is 0 Å². The van der Waals surface area contributed by atoms with Gasteiger partial charge in [0, 0.05) is 0 Å². The van der Waals surface area contributed by atoms with Crippen LogP contribution >= 0.6 is 0 Å². The Morgan fingerprint density at radius 2 is 2.27 bits per heavy atom. The number of carbonyl (C=O) groups is 1. The molecule has 0 radical (unpaired) electrons. The SMILES string of the molecule is CC(C)[C@H]1CC[C@]1(N)C(=O)O. The molecular weight excluding hydrogens is 142 g/mol. The molecule has 1 aliphatic carbocycles. The molecule has 0 spiro atoms. The number of rotatable bonds is 2. The molecule has 3 N–H and O–H groups in total. The molecule has 3 heteroatoms. The summed E-state index contributed by atoms with van der Waals surface area (Å²) >= 11 is 0. The van der Waals surface area contributed by atoms with Crippen molar-refractivity contribution in [3.63, 3.8) is 0 Å². The third-order valence-electron chi connectivity index (χ3n) is 2.73. The molecule has 1 aliphatic rings. The van der Waals surface area contributed by atoms with Gasteiger partial charge in [-0.2, -0.15) is 0 Å². The first-order valence-corrected chi connectivity index (χ1v) is 4.00. The standard InChI is InChI=1S/C8H15NO2/c1-5(2)6-3-4-8(6,9)7(10)11/h5-6H,3-4,9H2,1-2H3,(H,10,11)/t6-,8-/m1/s1. The minimum atomic E-state index is -0.922. The number of hydrogen-bond donors (Lipinski definition) is 2. The van der Waals surface area contributed by atoms with Crippen LogP contribution in [0, 0.1) is 11.8 Å². The predicted molar refractivity (Wildman–Crippen MR) is 42.1 cm³/mol. The van der Waals surface area contributed by atoms with E-state index in [0.29, 0.717) is 12.3 Å². The molecule has 2 atom stereocenters. The van der Waals surface area contributed by atoms with Crippen molar-refractivity contribution < 1.29 is 9.90 Å². The van der Waals surface area contributed by atoms with Gasteiger partial charge in [0.05, 0.1) is 0 Å². The number of nitrogens with two attached hydrogens (primary N) is 1. The molecule has 0 saturated heterocycles. The van der Waals surface area contributed by atoms with Crippen LogP contribution in [-0.2, 0) is 4.79 Å². The van der Waals surface area contributed by atoms with Crippen LogP contribution in [0.15, 0.2) is 0 Å². The highest BCUT2D eigenvalue weighted by Gasteiger charge is 2.50. The first-order chi connectivity index (χ1) is 4.98. The van der Waals surface area contributed by atoms with E-state index in [9.17, 15) is 4.79 Å². The lowest BCUT2D eigenvalue weighted by molar-refractivity contribution is -0.152. The average molecular weight is 157 g/mol. The first-order valence-electron chi connectivity index (χ1n) is 4.00. The van der Waals surface area contributed by atoms with Crippen molar-refractivity contribution in [2.45, 2.75) is 32.2 Å². The lowest BCUT2D eigenvalue weighted by Crippen LogP contribution is -2.62. The summed E-state index contributed by atoms with van der Waals surface area (Å²) in [6.45, 7) is 4.04. The Kier molecular flexibility index (Phi) is 1.92. The van der Waals surface area contributed by atoms with Crippen molar-refractivity contribution in [1.29, 1.82) is 0 Å². The van der Waals surface area contributed by atoms with Crippen LogP contribution in [0.5, 0.6) is 0 Å². The van der Waals surface area contributed by atoms with Gasteiger partial charge >= 0.3 is 5.97 Å². The second kappa shape index (κ2) is 2.48. The number of hydrogen-bond acceptors (Lipinski definition) is 2. The maximum absolute atomic E-state index is 10.7. The van der Waals surface area contributed by atoms with E-state index >= 15 is 0 Å². The number of aliphatic carboxylic acids is 1.